The summed E-state index contributed by atoms with van der Waals surface area (Å²) in [6, 6.07) is 6.07. The van der Waals surface area contributed by atoms with E-state index in [0.29, 0.717) is 0 Å². The van der Waals surface area contributed by atoms with Crippen molar-refractivity contribution in [2.45, 2.75) is 26.8 Å². The summed E-state index contributed by atoms with van der Waals surface area (Å²) in [5, 5.41) is 3.49. The molecule has 0 radical (unpaired) electrons. The van der Waals surface area contributed by atoms with E-state index in [4.69, 9.17) is 4.74 Å². The predicted octanol–water partition coefficient (Wildman–Crippen LogP) is 3.28. The molecular weight excluding hydrogens is 304 g/mol. The number of halogens is 1. The van der Waals surface area contributed by atoms with E-state index in [-0.39, 0.29) is 0 Å². The Morgan fingerprint density at radius 3 is 2.63 bits per heavy atom. The van der Waals surface area contributed by atoms with E-state index in [1.54, 1.807) is 7.11 Å². The number of methoxy groups -OCH3 is 1. The second-order valence-corrected chi connectivity index (χ2v) is 5.37. The minimum Gasteiger partial charge on any atom is -0.497 e. The molecule has 0 saturated heterocycles. The fourth-order valence-electron chi connectivity index (χ4n) is 2.00. The van der Waals surface area contributed by atoms with Gasteiger partial charge in [-0.25, -0.2) is 0 Å². The van der Waals surface area contributed by atoms with Gasteiger partial charge in [0.15, 0.2) is 0 Å². The van der Waals surface area contributed by atoms with Gasteiger partial charge in [0.1, 0.15) is 5.75 Å². The number of hydrogen-bond donors (Lipinski definition) is 1. The zero-order valence-corrected chi connectivity index (χ0v) is 13.8. The van der Waals surface area contributed by atoms with E-state index < -0.39 is 0 Å². The lowest BCUT2D eigenvalue weighted by Crippen LogP contribution is -2.27. The van der Waals surface area contributed by atoms with Crippen LogP contribution in [0.3, 0.4) is 0 Å². The molecule has 0 fully saturated rings. The number of nitrogens with zero attached hydrogens (tertiary/aromatic N) is 1. The van der Waals surface area contributed by atoms with Crippen molar-refractivity contribution < 1.29 is 4.74 Å². The first kappa shape index (κ1) is 16.5. The highest BCUT2D eigenvalue weighted by Crippen LogP contribution is 2.22. The number of rotatable bonds is 9. The second-order valence-electron chi connectivity index (χ2n) is 4.51. The molecule has 0 bridgehead atoms. The average molecular weight is 329 g/mol. The van der Waals surface area contributed by atoms with E-state index in [2.05, 4.69) is 46.1 Å². The largest absolute Gasteiger partial charge is 0.497 e. The number of ether oxygens (including phenoxy) is 1. The van der Waals surface area contributed by atoms with E-state index in [1.807, 2.05) is 12.1 Å². The van der Waals surface area contributed by atoms with Crippen LogP contribution < -0.4 is 10.1 Å². The molecule has 0 spiro atoms. The van der Waals surface area contributed by atoms with Gasteiger partial charge in [-0.05, 0) is 56.4 Å². The Morgan fingerprint density at radius 2 is 2.00 bits per heavy atom. The molecule has 4 heteroatoms. The molecule has 0 saturated carbocycles. The summed E-state index contributed by atoms with van der Waals surface area (Å²) in [4.78, 5) is 2.45. The predicted molar refractivity (Wildman–Crippen MR) is 84.8 cm³/mol. The van der Waals surface area contributed by atoms with Gasteiger partial charge < -0.3 is 15.0 Å². The van der Waals surface area contributed by atoms with Crippen molar-refractivity contribution in [2.75, 3.05) is 33.3 Å². The molecular formula is C15H25BrN2O. The van der Waals surface area contributed by atoms with E-state index in [9.17, 15) is 0 Å². The summed E-state index contributed by atoms with van der Waals surface area (Å²) >= 11 is 3.57. The smallest absolute Gasteiger partial charge is 0.119 e. The summed E-state index contributed by atoms with van der Waals surface area (Å²) in [6.45, 7) is 9.78. The molecule has 0 amide bonds. The summed E-state index contributed by atoms with van der Waals surface area (Å²) < 4.78 is 6.37. The highest BCUT2D eigenvalue weighted by atomic mass is 79.9. The molecule has 0 unspecified atom stereocenters. The molecule has 3 nitrogen and oxygen atoms in total. The average Bonchev–Trinajstić information content (AvgIpc) is 2.44. The van der Waals surface area contributed by atoms with Crippen molar-refractivity contribution in [2.24, 2.45) is 0 Å². The molecule has 1 aromatic carbocycles. The molecule has 1 rings (SSSR count). The molecule has 0 heterocycles. The fourth-order valence-corrected chi connectivity index (χ4v) is 2.39. The molecule has 0 aliphatic heterocycles. The topological polar surface area (TPSA) is 24.5 Å². The summed E-state index contributed by atoms with van der Waals surface area (Å²) in [7, 11) is 1.70. The fraction of sp³-hybridized carbons (Fsp3) is 0.600. The SMILES string of the molecule is CCN(CC)CCCNCc1cc(OC)ccc1Br. The quantitative estimate of drug-likeness (QED) is 0.704. The Bertz CT molecular complexity index is 367. The van der Waals surface area contributed by atoms with Crippen molar-refractivity contribution in [1.29, 1.82) is 0 Å². The van der Waals surface area contributed by atoms with E-state index in [0.717, 1.165) is 36.4 Å². The molecule has 0 aliphatic rings. The zero-order chi connectivity index (χ0) is 14.1. The number of benzene rings is 1. The Morgan fingerprint density at radius 1 is 1.26 bits per heavy atom. The van der Waals surface area contributed by atoms with Gasteiger partial charge in [-0.3, -0.25) is 0 Å². The maximum atomic E-state index is 5.24. The lowest BCUT2D eigenvalue weighted by molar-refractivity contribution is 0.298. The van der Waals surface area contributed by atoms with Crippen LogP contribution in [0.15, 0.2) is 22.7 Å². The van der Waals surface area contributed by atoms with Gasteiger partial charge in [0, 0.05) is 11.0 Å². The first-order valence-corrected chi connectivity index (χ1v) is 7.76. The summed E-state index contributed by atoms with van der Waals surface area (Å²) in [6.07, 6.45) is 1.18. The molecule has 0 atom stereocenters. The number of hydrogen-bond acceptors (Lipinski definition) is 3. The highest BCUT2D eigenvalue weighted by molar-refractivity contribution is 9.10. The normalized spacial score (nSPS) is 11.0. The van der Waals surface area contributed by atoms with Gasteiger partial charge in [-0.15, -0.1) is 0 Å². The lowest BCUT2D eigenvalue weighted by atomic mass is 10.2. The van der Waals surface area contributed by atoms with Crippen LogP contribution in [0.25, 0.3) is 0 Å². The second kappa shape index (κ2) is 9.34. The third-order valence-corrected chi connectivity index (χ3v) is 4.06. The van der Waals surface area contributed by atoms with Crippen molar-refractivity contribution in [3.63, 3.8) is 0 Å². The molecule has 19 heavy (non-hydrogen) atoms. The monoisotopic (exact) mass is 328 g/mol. The summed E-state index contributed by atoms with van der Waals surface area (Å²) in [5.41, 5.74) is 1.24. The Labute approximate surface area is 125 Å². The van der Waals surface area contributed by atoms with E-state index in [1.165, 1.54) is 18.5 Å². The highest BCUT2D eigenvalue weighted by Gasteiger charge is 2.02. The maximum Gasteiger partial charge on any atom is 0.119 e. The minimum absolute atomic E-state index is 0.871. The van der Waals surface area contributed by atoms with Crippen LogP contribution in [-0.2, 0) is 6.54 Å². The third-order valence-electron chi connectivity index (χ3n) is 3.29. The Hall–Kier alpha value is -0.580. The maximum absolute atomic E-state index is 5.24. The first-order valence-electron chi connectivity index (χ1n) is 6.96. The van der Waals surface area contributed by atoms with Crippen molar-refractivity contribution in [3.8, 4) is 5.75 Å². The molecule has 0 aromatic heterocycles. The van der Waals surface area contributed by atoms with Crippen molar-refractivity contribution >= 4 is 15.9 Å². The Balaban J connectivity index is 2.29. The van der Waals surface area contributed by atoms with E-state index >= 15 is 0 Å². The molecule has 108 valence electrons. The van der Waals surface area contributed by atoms with Gasteiger partial charge in [-0.2, -0.15) is 0 Å². The van der Waals surface area contributed by atoms with Crippen LogP contribution in [0.2, 0.25) is 0 Å². The van der Waals surface area contributed by atoms with Gasteiger partial charge in [-0.1, -0.05) is 29.8 Å². The van der Waals surface area contributed by atoms with Gasteiger partial charge in [0.2, 0.25) is 0 Å². The van der Waals surface area contributed by atoms with Crippen LogP contribution in [0.5, 0.6) is 5.75 Å². The van der Waals surface area contributed by atoms with Crippen LogP contribution >= 0.6 is 15.9 Å². The van der Waals surface area contributed by atoms with Crippen LogP contribution in [0, 0.1) is 0 Å². The van der Waals surface area contributed by atoms with Gasteiger partial charge in [0.05, 0.1) is 7.11 Å². The molecule has 1 aromatic rings. The lowest BCUT2D eigenvalue weighted by Gasteiger charge is -2.17. The molecule has 1 N–H and O–H groups in total. The van der Waals surface area contributed by atoms with Crippen LogP contribution in [0.4, 0.5) is 0 Å². The van der Waals surface area contributed by atoms with Gasteiger partial charge in [0.25, 0.3) is 0 Å². The molecule has 0 aliphatic carbocycles. The number of nitrogens with one attached hydrogen (secondary N) is 1. The van der Waals surface area contributed by atoms with Crippen LogP contribution in [-0.4, -0.2) is 38.2 Å². The summed E-state index contributed by atoms with van der Waals surface area (Å²) in [5.74, 6) is 0.906. The van der Waals surface area contributed by atoms with Gasteiger partial charge >= 0.3 is 0 Å². The first-order chi connectivity index (χ1) is 9.21. The van der Waals surface area contributed by atoms with Crippen molar-refractivity contribution in [1.82, 2.24) is 10.2 Å². The third kappa shape index (κ3) is 5.93. The Kier molecular flexibility index (Phi) is 8.10. The van der Waals surface area contributed by atoms with Crippen molar-refractivity contribution in [3.05, 3.63) is 28.2 Å². The standard InChI is InChI=1S/C15H25BrN2O/c1-4-18(5-2)10-6-9-17-12-13-11-14(19-3)7-8-15(13)16/h7-8,11,17H,4-6,9-10,12H2,1-3H3. The van der Waals surface area contributed by atoms with Crippen LogP contribution in [0.1, 0.15) is 25.8 Å². The zero-order valence-electron chi connectivity index (χ0n) is 12.2. The minimum atomic E-state index is 0.871.